The van der Waals surface area contributed by atoms with Crippen LogP contribution < -0.4 is 4.74 Å². The van der Waals surface area contributed by atoms with Gasteiger partial charge in [-0.2, -0.15) is 0 Å². The highest BCUT2D eigenvalue weighted by atomic mass is 16.5. The molecule has 6 nitrogen and oxygen atoms in total. The summed E-state index contributed by atoms with van der Waals surface area (Å²) in [5.74, 6) is 4.41. The SMILES string of the molecule is CC(C)c1cccc(C(C)C)c1-n1ccnc1-c1cc(O)cc(-c2ccccc2)c1.COc1cc(-c2ccccc2)cc(-c2nccn2-c2c(C(C)C)cccc2C(C)C)c1. The van der Waals surface area contributed by atoms with Gasteiger partial charge in [0, 0.05) is 35.9 Å². The van der Waals surface area contributed by atoms with E-state index in [1.165, 1.54) is 33.6 Å². The third-order valence-electron chi connectivity index (χ3n) is 11.2. The predicted molar refractivity (Wildman–Crippen MR) is 253 cm³/mol. The highest BCUT2D eigenvalue weighted by molar-refractivity contribution is 5.75. The molecule has 6 heteroatoms. The Morgan fingerprint density at radius 3 is 1.18 bits per heavy atom. The molecular formula is C55H58N4O2. The van der Waals surface area contributed by atoms with Gasteiger partial charge >= 0.3 is 0 Å². The maximum atomic E-state index is 10.5. The molecule has 2 aromatic heterocycles. The zero-order valence-corrected chi connectivity index (χ0v) is 37.0. The van der Waals surface area contributed by atoms with E-state index in [1.54, 1.807) is 19.2 Å². The lowest BCUT2D eigenvalue weighted by molar-refractivity contribution is 0.415. The van der Waals surface area contributed by atoms with Gasteiger partial charge in [0.15, 0.2) is 0 Å². The lowest BCUT2D eigenvalue weighted by Crippen LogP contribution is -2.08. The van der Waals surface area contributed by atoms with E-state index in [-0.39, 0.29) is 5.75 Å². The maximum absolute atomic E-state index is 10.5. The fourth-order valence-corrected chi connectivity index (χ4v) is 8.16. The molecule has 0 atom stereocenters. The molecule has 0 spiro atoms. The van der Waals surface area contributed by atoms with Crippen molar-refractivity contribution in [3.05, 3.63) is 181 Å². The van der Waals surface area contributed by atoms with Gasteiger partial charge in [0.2, 0.25) is 0 Å². The third-order valence-corrected chi connectivity index (χ3v) is 11.2. The van der Waals surface area contributed by atoms with Gasteiger partial charge < -0.3 is 9.84 Å². The van der Waals surface area contributed by atoms with Crippen molar-refractivity contribution in [1.82, 2.24) is 19.1 Å². The number of para-hydroxylation sites is 2. The number of phenols is 1. The van der Waals surface area contributed by atoms with E-state index in [0.29, 0.717) is 23.7 Å². The van der Waals surface area contributed by atoms with E-state index in [2.05, 4.69) is 168 Å². The number of hydrogen-bond donors (Lipinski definition) is 1. The van der Waals surface area contributed by atoms with Crippen molar-refractivity contribution < 1.29 is 9.84 Å². The summed E-state index contributed by atoms with van der Waals surface area (Å²) in [5, 5.41) is 10.5. The Morgan fingerprint density at radius 2 is 0.787 bits per heavy atom. The third kappa shape index (κ3) is 9.24. The molecule has 8 rings (SSSR count). The first-order valence-electron chi connectivity index (χ1n) is 21.4. The molecule has 0 radical (unpaired) electrons. The van der Waals surface area contributed by atoms with Crippen LogP contribution in [0.5, 0.6) is 11.5 Å². The highest BCUT2D eigenvalue weighted by Crippen LogP contribution is 2.38. The average molecular weight is 807 g/mol. The van der Waals surface area contributed by atoms with Crippen molar-refractivity contribution in [2.75, 3.05) is 7.11 Å². The number of methoxy groups -OCH3 is 1. The van der Waals surface area contributed by atoms with Crippen LogP contribution in [-0.2, 0) is 0 Å². The number of nitrogens with zero attached hydrogens (tertiary/aromatic N) is 4. The summed E-state index contributed by atoms with van der Waals surface area (Å²) < 4.78 is 10.1. The molecule has 0 aliphatic heterocycles. The molecule has 0 bridgehead atoms. The van der Waals surface area contributed by atoms with Gasteiger partial charge in [0.1, 0.15) is 23.1 Å². The topological polar surface area (TPSA) is 65.1 Å². The first-order chi connectivity index (χ1) is 29.4. The van der Waals surface area contributed by atoms with Crippen LogP contribution in [0.4, 0.5) is 0 Å². The zero-order valence-electron chi connectivity index (χ0n) is 37.0. The van der Waals surface area contributed by atoms with Gasteiger partial charge in [0.05, 0.1) is 18.5 Å². The van der Waals surface area contributed by atoms with Crippen LogP contribution >= 0.6 is 0 Å². The van der Waals surface area contributed by atoms with Crippen LogP contribution in [-0.4, -0.2) is 31.3 Å². The summed E-state index contributed by atoms with van der Waals surface area (Å²) >= 11 is 0. The molecule has 0 amide bonds. The molecule has 310 valence electrons. The van der Waals surface area contributed by atoms with Gasteiger partial charge in [0.25, 0.3) is 0 Å². The van der Waals surface area contributed by atoms with E-state index in [4.69, 9.17) is 14.7 Å². The lowest BCUT2D eigenvalue weighted by Gasteiger charge is -2.22. The van der Waals surface area contributed by atoms with Crippen molar-refractivity contribution in [3.63, 3.8) is 0 Å². The van der Waals surface area contributed by atoms with Gasteiger partial charge in [-0.1, -0.05) is 152 Å². The van der Waals surface area contributed by atoms with E-state index in [9.17, 15) is 5.11 Å². The monoisotopic (exact) mass is 806 g/mol. The first kappa shape index (κ1) is 42.5. The standard InChI is InChI=1S/C28H30N2O.C27H28N2O/c1-19(2)25-12-9-13-26(20(3)4)27(25)30-15-14-29-28(30)23-16-22(17-24(18-23)31-5)21-10-7-6-8-11-21;1-18(2)24-11-8-12-25(19(3)4)26(24)29-14-13-28-27(29)22-15-21(16-23(30)17-22)20-9-6-5-7-10-20/h6-20H,1-5H3;5-19,30H,1-4H3. The molecule has 0 fully saturated rings. The van der Waals surface area contributed by atoms with Crippen molar-refractivity contribution in [3.8, 4) is 67.9 Å². The Labute approximate surface area is 362 Å². The van der Waals surface area contributed by atoms with Gasteiger partial charge in [-0.15, -0.1) is 0 Å². The van der Waals surface area contributed by atoms with Gasteiger partial charge in [-0.3, -0.25) is 9.13 Å². The second-order valence-electron chi connectivity index (χ2n) is 16.9. The second kappa shape index (κ2) is 18.7. The number of aromatic nitrogens is 4. The smallest absolute Gasteiger partial charge is 0.144 e. The van der Waals surface area contributed by atoms with Crippen LogP contribution in [0.3, 0.4) is 0 Å². The Kier molecular flexibility index (Phi) is 13.0. The molecule has 8 aromatic rings. The largest absolute Gasteiger partial charge is 0.508 e. The Hall–Kier alpha value is -6.66. The number of benzene rings is 6. The normalized spacial score (nSPS) is 11.4. The number of imidazole rings is 2. The fourth-order valence-electron chi connectivity index (χ4n) is 8.16. The summed E-state index contributed by atoms with van der Waals surface area (Å²) in [7, 11) is 1.71. The van der Waals surface area contributed by atoms with Crippen molar-refractivity contribution >= 4 is 0 Å². The number of phenolic OH excluding ortho intramolecular Hbond substituents is 1. The van der Waals surface area contributed by atoms with Gasteiger partial charge in [-0.25, -0.2) is 9.97 Å². The summed E-state index contributed by atoms with van der Waals surface area (Å²) in [6.07, 6.45) is 7.82. The lowest BCUT2D eigenvalue weighted by atomic mass is 9.92. The average Bonchev–Trinajstić information content (AvgIpc) is 3.97. The zero-order chi connectivity index (χ0) is 43.2. The van der Waals surface area contributed by atoms with Crippen LogP contribution in [0, 0.1) is 0 Å². The Balaban J connectivity index is 0.000000184. The van der Waals surface area contributed by atoms with Crippen LogP contribution in [0.2, 0.25) is 0 Å². The number of ether oxygens (including phenoxy) is 1. The van der Waals surface area contributed by atoms with E-state index >= 15 is 0 Å². The minimum atomic E-state index is 0.238. The summed E-state index contributed by atoms with van der Waals surface area (Å²) in [6.45, 7) is 17.9. The second-order valence-corrected chi connectivity index (χ2v) is 16.9. The molecule has 1 N–H and O–H groups in total. The fraction of sp³-hybridized carbons (Fsp3) is 0.236. The van der Waals surface area contributed by atoms with E-state index < -0.39 is 0 Å². The van der Waals surface area contributed by atoms with Gasteiger partial charge in [-0.05, 0) is 105 Å². The summed E-state index contributed by atoms with van der Waals surface area (Å²) in [5.41, 5.74) is 13.9. The van der Waals surface area contributed by atoms with E-state index in [1.807, 2.05) is 42.9 Å². The summed E-state index contributed by atoms with van der Waals surface area (Å²) in [6, 6.07) is 45.7. The van der Waals surface area contributed by atoms with Crippen LogP contribution in [0.25, 0.3) is 56.4 Å². The number of rotatable bonds is 11. The molecule has 61 heavy (non-hydrogen) atoms. The quantitative estimate of drug-likeness (QED) is 0.141. The Morgan fingerprint density at radius 1 is 0.426 bits per heavy atom. The maximum Gasteiger partial charge on any atom is 0.144 e. The Bertz CT molecular complexity index is 2650. The predicted octanol–water partition coefficient (Wildman–Crippen LogP) is 14.6. The molecule has 0 saturated carbocycles. The van der Waals surface area contributed by atoms with Crippen LogP contribution in [0.1, 0.15) is 101 Å². The summed E-state index contributed by atoms with van der Waals surface area (Å²) in [4.78, 5) is 9.47. The van der Waals surface area contributed by atoms with Crippen molar-refractivity contribution in [2.45, 2.75) is 79.1 Å². The van der Waals surface area contributed by atoms with Crippen molar-refractivity contribution in [1.29, 1.82) is 0 Å². The highest BCUT2D eigenvalue weighted by Gasteiger charge is 2.21. The van der Waals surface area contributed by atoms with Crippen molar-refractivity contribution in [2.24, 2.45) is 0 Å². The number of aromatic hydroxyl groups is 1. The molecule has 0 saturated heterocycles. The minimum Gasteiger partial charge on any atom is -0.508 e. The molecule has 0 aliphatic rings. The molecule has 0 aliphatic carbocycles. The number of hydrogen-bond acceptors (Lipinski definition) is 4. The minimum absolute atomic E-state index is 0.238. The van der Waals surface area contributed by atoms with E-state index in [0.717, 1.165) is 50.8 Å². The first-order valence-corrected chi connectivity index (χ1v) is 21.4. The molecule has 6 aromatic carbocycles. The molecular weight excluding hydrogens is 749 g/mol. The molecule has 0 unspecified atom stereocenters. The molecule has 2 heterocycles. The van der Waals surface area contributed by atoms with Crippen LogP contribution in [0.15, 0.2) is 158 Å².